The lowest BCUT2D eigenvalue weighted by Gasteiger charge is -2.29. The van der Waals surface area contributed by atoms with Crippen LogP contribution in [0, 0.1) is 5.82 Å². The summed E-state index contributed by atoms with van der Waals surface area (Å²) in [5, 5.41) is 5.77. The molecule has 1 atom stereocenters. The van der Waals surface area contributed by atoms with Crippen molar-refractivity contribution in [1.82, 2.24) is 4.90 Å². The topological polar surface area (TPSA) is 88.2 Å². The number of methoxy groups -OCH3 is 1. The molecule has 0 bridgehead atoms. The van der Waals surface area contributed by atoms with Gasteiger partial charge in [0.1, 0.15) is 23.3 Å². The van der Waals surface area contributed by atoms with Crippen LogP contribution >= 0.6 is 0 Å². The summed E-state index contributed by atoms with van der Waals surface area (Å²) >= 11 is 0. The molecule has 8 heteroatoms. The van der Waals surface area contributed by atoms with Crippen molar-refractivity contribution in [2.45, 2.75) is 25.4 Å². The third-order valence-electron chi connectivity index (χ3n) is 5.29. The number of hydrogen-bond donors (Lipinski definition) is 1. The van der Waals surface area contributed by atoms with E-state index in [9.17, 15) is 14.0 Å². The minimum absolute atomic E-state index is 0.118. The second-order valence-electron chi connectivity index (χ2n) is 7.10. The van der Waals surface area contributed by atoms with Gasteiger partial charge in [0.15, 0.2) is 0 Å². The average Bonchev–Trinajstić information content (AvgIpc) is 3.18. The number of carbonyl (C=O) groups excluding carboxylic acids is 2. The van der Waals surface area contributed by atoms with Crippen LogP contribution in [-0.4, -0.2) is 42.1 Å². The van der Waals surface area contributed by atoms with Gasteiger partial charge < -0.3 is 15.4 Å². The van der Waals surface area contributed by atoms with Crippen LogP contribution in [0.2, 0.25) is 0 Å². The number of nitrogens with two attached hydrogens (primary N) is 1. The number of ether oxygens (including phenoxy) is 1. The molecule has 0 fully saturated rings. The van der Waals surface area contributed by atoms with E-state index in [2.05, 4.69) is 5.10 Å². The summed E-state index contributed by atoms with van der Waals surface area (Å²) in [4.78, 5) is 26.7. The Balaban J connectivity index is 1.57. The maximum absolute atomic E-state index is 13.2. The van der Waals surface area contributed by atoms with Crippen molar-refractivity contribution in [3.05, 3.63) is 59.4 Å². The van der Waals surface area contributed by atoms with Crippen molar-refractivity contribution in [2.24, 2.45) is 10.8 Å². The first kappa shape index (κ1) is 18.9. The Labute approximate surface area is 167 Å². The minimum Gasteiger partial charge on any atom is -0.497 e. The number of rotatable bonds is 4. The molecule has 2 N–H and O–H groups in total. The second kappa shape index (κ2) is 7.54. The van der Waals surface area contributed by atoms with Gasteiger partial charge in [-0.1, -0.05) is 6.07 Å². The van der Waals surface area contributed by atoms with Gasteiger partial charge in [-0.15, -0.1) is 0 Å². The van der Waals surface area contributed by atoms with Gasteiger partial charge in [0, 0.05) is 19.5 Å². The highest BCUT2D eigenvalue weighted by Gasteiger charge is 2.37. The number of fused-ring (bicyclic) bond motifs is 1. The van der Waals surface area contributed by atoms with Crippen LogP contribution in [0.5, 0.6) is 5.75 Å². The number of primary amides is 1. The smallest absolute Gasteiger partial charge is 0.270 e. The largest absolute Gasteiger partial charge is 0.497 e. The predicted octanol–water partition coefficient (Wildman–Crippen LogP) is 1.84. The van der Waals surface area contributed by atoms with Crippen molar-refractivity contribution in [1.29, 1.82) is 0 Å². The van der Waals surface area contributed by atoms with Crippen molar-refractivity contribution in [3.63, 3.8) is 0 Å². The van der Waals surface area contributed by atoms with Crippen molar-refractivity contribution < 1.29 is 18.7 Å². The lowest BCUT2D eigenvalue weighted by Crippen LogP contribution is -2.41. The predicted molar refractivity (Wildman–Crippen MR) is 106 cm³/mol. The summed E-state index contributed by atoms with van der Waals surface area (Å²) in [5.74, 6) is -0.470. The minimum atomic E-state index is -0.781. The lowest BCUT2D eigenvalue weighted by atomic mass is 9.98. The van der Waals surface area contributed by atoms with Crippen LogP contribution in [0.3, 0.4) is 0 Å². The molecule has 1 unspecified atom stereocenters. The van der Waals surface area contributed by atoms with E-state index in [4.69, 9.17) is 10.5 Å². The number of halogens is 1. The molecule has 2 aromatic rings. The van der Waals surface area contributed by atoms with Crippen LogP contribution < -0.4 is 15.5 Å². The van der Waals surface area contributed by atoms with E-state index >= 15 is 0 Å². The summed E-state index contributed by atoms with van der Waals surface area (Å²) in [6.07, 6.45) is 0.853. The highest BCUT2D eigenvalue weighted by Crippen LogP contribution is 2.28. The van der Waals surface area contributed by atoms with Crippen LogP contribution in [0.15, 0.2) is 47.6 Å². The van der Waals surface area contributed by atoms with Crippen LogP contribution in [-0.2, 0) is 22.6 Å². The molecule has 150 valence electrons. The molecule has 0 aromatic heterocycles. The molecule has 2 aromatic carbocycles. The Kier molecular flexibility index (Phi) is 4.92. The Hall–Kier alpha value is -3.42. The summed E-state index contributed by atoms with van der Waals surface area (Å²) in [7, 11) is 1.61. The molecular weight excluding hydrogens is 375 g/mol. The molecular formula is C21H21FN4O3. The molecule has 29 heavy (non-hydrogen) atoms. The van der Waals surface area contributed by atoms with Crippen LogP contribution in [0.1, 0.15) is 17.5 Å². The molecule has 0 radical (unpaired) electrons. The van der Waals surface area contributed by atoms with Gasteiger partial charge in [0.05, 0.1) is 12.8 Å². The van der Waals surface area contributed by atoms with Gasteiger partial charge >= 0.3 is 0 Å². The van der Waals surface area contributed by atoms with E-state index in [1.807, 2.05) is 18.2 Å². The quantitative estimate of drug-likeness (QED) is 0.854. The zero-order chi connectivity index (χ0) is 20.5. The fourth-order valence-corrected chi connectivity index (χ4v) is 3.71. The molecule has 0 saturated heterocycles. The summed E-state index contributed by atoms with van der Waals surface area (Å²) in [6, 6.07) is 10.6. The number of hydrogen-bond acceptors (Lipinski definition) is 5. The van der Waals surface area contributed by atoms with Crippen molar-refractivity contribution >= 4 is 23.2 Å². The Morgan fingerprint density at radius 2 is 1.93 bits per heavy atom. The molecule has 4 rings (SSSR count). The molecule has 0 spiro atoms. The van der Waals surface area contributed by atoms with E-state index in [0.717, 1.165) is 17.7 Å². The van der Waals surface area contributed by atoms with Gasteiger partial charge in [-0.25, -0.2) is 4.39 Å². The Morgan fingerprint density at radius 3 is 2.62 bits per heavy atom. The van der Waals surface area contributed by atoms with Gasteiger partial charge in [-0.3, -0.25) is 14.6 Å². The fraction of sp³-hybridized carbons (Fsp3) is 0.286. The SMILES string of the molecule is COc1ccc2c(c1)CN(C(=O)C1=NN(c3ccc(F)cc3)C(C(N)=O)C1)CC2. The van der Waals surface area contributed by atoms with Gasteiger partial charge in [0.25, 0.3) is 5.91 Å². The van der Waals surface area contributed by atoms with E-state index < -0.39 is 17.8 Å². The number of carbonyl (C=O) groups is 2. The summed E-state index contributed by atoms with van der Waals surface area (Å²) in [5.41, 5.74) is 8.52. The van der Waals surface area contributed by atoms with Crippen LogP contribution in [0.25, 0.3) is 0 Å². The zero-order valence-corrected chi connectivity index (χ0v) is 16.0. The third-order valence-corrected chi connectivity index (χ3v) is 5.29. The second-order valence-corrected chi connectivity index (χ2v) is 7.10. The number of benzene rings is 2. The summed E-state index contributed by atoms with van der Waals surface area (Å²) < 4.78 is 18.5. The molecule has 2 aliphatic heterocycles. The average molecular weight is 396 g/mol. The maximum Gasteiger partial charge on any atom is 0.270 e. The first-order valence-corrected chi connectivity index (χ1v) is 9.33. The van der Waals surface area contributed by atoms with Gasteiger partial charge in [-0.05, 0) is 53.9 Å². The zero-order valence-electron chi connectivity index (χ0n) is 16.0. The van der Waals surface area contributed by atoms with E-state index in [1.54, 1.807) is 12.0 Å². The van der Waals surface area contributed by atoms with Crippen LogP contribution in [0.4, 0.5) is 10.1 Å². The molecule has 2 heterocycles. The number of amides is 2. The van der Waals surface area contributed by atoms with Gasteiger partial charge in [0.2, 0.25) is 5.91 Å². The maximum atomic E-state index is 13.2. The third kappa shape index (κ3) is 3.65. The van der Waals surface area contributed by atoms with E-state index in [-0.39, 0.29) is 18.0 Å². The first-order valence-electron chi connectivity index (χ1n) is 9.33. The van der Waals surface area contributed by atoms with Crippen molar-refractivity contribution in [2.75, 3.05) is 18.7 Å². The monoisotopic (exact) mass is 396 g/mol. The first-order chi connectivity index (χ1) is 14.0. The number of anilines is 1. The standard InChI is InChI=1S/C21H21FN4O3/c1-29-17-7-2-13-8-9-25(12-14(13)10-17)21(28)18-11-19(20(23)27)26(24-18)16-5-3-15(22)4-6-16/h2-7,10,19H,8-9,11-12H2,1H3,(H2,23,27). The highest BCUT2D eigenvalue weighted by molar-refractivity contribution is 6.40. The fourth-order valence-electron chi connectivity index (χ4n) is 3.71. The van der Waals surface area contributed by atoms with E-state index in [0.29, 0.717) is 18.8 Å². The Morgan fingerprint density at radius 1 is 1.17 bits per heavy atom. The summed E-state index contributed by atoms with van der Waals surface area (Å²) in [6.45, 7) is 1.01. The molecule has 2 aliphatic rings. The van der Waals surface area contributed by atoms with Gasteiger partial charge in [-0.2, -0.15) is 5.10 Å². The van der Waals surface area contributed by atoms with Crippen molar-refractivity contribution in [3.8, 4) is 5.75 Å². The number of nitrogens with zero attached hydrogens (tertiary/aromatic N) is 3. The molecule has 7 nitrogen and oxygen atoms in total. The normalized spacial score (nSPS) is 18.3. The molecule has 0 saturated carbocycles. The highest BCUT2D eigenvalue weighted by atomic mass is 19.1. The molecule has 0 aliphatic carbocycles. The lowest BCUT2D eigenvalue weighted by molar-refractivity contribution is -0.125. The Bertz CT molecular complexity index is 990. The number of hydrazone groups is 1. The molecule has 2 amide bonds. The van der Waals surface area contributed by atoms with E-state index in [1.165, 1.54) is 34.8 Å².